The number of likely N-dealkylation sites (tertiary alicyclic amines) is 2. The molecule has 2 saturated heterocycles. The number of carbonyl (C=O) groups is 2. The molecule has 30 heavy (non-hydrogen) atoms. The van der Waals surface area contributed by atoms with Gasteiger partial charge >= 0.3 is 6.18 Å². The molecule has 3 rings (SSSR count). The molecule has 0 spiro atoms. The van der Waals surface area contributed by atoms with Crippen molar-refractivity contribution in [3.8, 4) is 0 Å². The number of benzene rings is 1. The van der Waals surface area contributed by atoms with Gasteiger partial charge in [0, 0.05) is 25.9 Å². The average molecular weight is 425 g/mol. The first-order valence-electron chi connectivity index (χ1n) is 10.8. The molecular formula is C23H31F3N2O2. The van der Waals surface area contributed by atoms with Crippen LogP contribution in [0.25, 0.3) is 0 Å². The van der Waals surface area contributed by atoms with Crippen LogP contribution < -0.4 is 0 Å². The van der Waals surface area contributed by atoms with Crippen LogP contribution in [0.4, 0.5) is 13.2 Å². The predicted octanol–water partition coefficient (Wildman–Crippen LogP) is 5.01. The fourth-order valence-electron chi connectivity index (χ4n) is 4.84. The van der Waals surface area contributed by atoms with Gasteiger partial charge < -0.3 is 9.80 Å². The van der Waals surface area contributed by atoms with Crippen molar-refractivity contribution in [1.29, 1.82) is 0 Å². The number of hydrogen-bond donors (Lipinski definition) is 0. The van der Waals surface area contributed by atoms with Crippen LogP contribution in [0.5, 0.6) is 0 Å². The average Bonchev–Trinajstić information content (AvgIpc) is 2.98. The standard InChI is InChI=1S/C23H31F3N2O2/c1-16(2)14-21(30)27-13-12-22(3)19(27)6-4-5-7-20(29)28(22)15-17-8-10-18(11-9-17)23(24,25)26/h8-11,16,19H,4-7,12-15H2,1-3H3/t19-,22-/m1/s1. The smallest absolute Gasteiger partial charge is 0.337 e. The third-order valence-corrected chi connectivity index (χ3v) is 6.51. The van der Waals surface area contributed by atoms with Crippen molar-refractivity contribution in [2.24, 2.45) is 5.92 Å². The van der Waals surface area contributed by atoms with Crippen LogP contribution >= 0.6 is 0 Å². The van der Waals surface area contributed by atoms with Gasteiger partial charge in [0.05, 0.1) is 17.1 Å². The molecule has 4 nitrogen and oxygen atoms in total. The van der Waals surface area contributed by atoms with E-state index in [-0.39, 0.29) is 30.3 Å². The van der Waals surface area contributed by atoms with Crippen LogP contribution in [0.1, 0.15) is 70.4 Å². The van der Waals surface area contributed by atoms with Crippen LogP contribution in [-0.2, 0) is 22.3 Å². The Labute approximate surface area is 176 Å². The summed E-state index contributed by atoms with van der Waals surface area (Å²) >= 11 is 0. The number of nitrogens with zero attached hydrogens (tertiary/aromatic N) is 2. The third-order valence-electron chi connectivity index (χ3n) is 6.51. The highest BCUT2D eigenvalue weighted by Crippen LogP contribution is 2.40. The summed E-state index contributed by atoms with van der Waals surface area (Å²) in [6.07, 6.45) is -0.269. The molecular weight excluding hydrogens is 393 g/mol. The lowest BCUT2D eigenvalue weighted by molar-refractivity contribution is -0.144. The molecule has 2 atom stereocenters. The molecule has 1 aromatic rings. The van der Waals surface area contributed by atoms with E-state index >= 15 is 0 Å². The first-order valence-corrected chi connectivity index (χ1v) is 10.8. The van der Waals surface area contributed by atoms with Gasteiger partial charge in [-0.15, -0.1) is 0 Å². The second kappa shape index (κ2) is 8.60. The van der Waals surface area contributed by atoms with Gasteiger partial charge in [-0.05, 0) is 49.8 Å². The maximum Gasteiger partial charge on any atom is 0.416 e. The molecule has 166 valence electrons. The van der Waals surface area contributed by atoms with Crippen LogP contribution in [0.2, 0.25) is 0 Å². The van der Waals surface area contributed by atoms with E-state index in [0.717, 1.165) is 31.4 Å². The van der Waals surface area contributed by atoms with E-state index < -0.39 is 17.3 Å². The molecule has 2 amide bonds. The highest BCUT2D eigenvalue weighted by molar-refractivity contribution is 5.79. The molecule has 0 aliphatic carbocycles. The van der Waals surface area contributed by atoms with Crippen LogP contribution in [0.3, 0.4) is 0 Å². The van der Waals surface area contributed by atoms with Gasteiger partial charge in [-0.3, -0.25) is 9.59 Å². The first kappa shape index (κ1) is 22.6. The predicted molar refractivity (Wildman–Crippen MR) is 108 cm³/mol. The molecule has 0 bridgehead atoms. The summed E-state index contributed by atoms with van der Waals surface area (Å²) in [6.45, 7) is 6.95. The Morgan fingerprint density at radius 1 is 1.20 bits per heavy atom. The lowest BCUT2D eigenvalue weighted by atomic mass is 9.84. The molecule has 0 N–H and O–H groups in total. The Hall–Kier alpha value is -2.05. The molecule has 0 radical (unpaired) electrons. The Morgan fingerprint density at radius 3 is 2.47 bits per heavy atom. The molecule has 2 aliphatic heterocycles. The van der Waals surface area contributed by atoms with Crippen molar-refractivity contribution in [2.75, 3.05) is 6.54 Å². The van der Waals surface area contributed by atoms with Crippen molar-refractivity contribution in [3.63, 3.8) is 0 Å². The summed E-state index contributed by atoms with van der Waals surface area (Å²) in [7, 11) is 0. The van der Waals surface area contributed by atoms with Crippen molar-refractivity contribution in [1.82, 2.24) is 9.80 Å². The van der Waals surface area contributed by atoms with Crippen LogP contribution in [0.15, 0.2) is 24.3 Å². The second-order valence-corrected chi connectivity index (χ2v) is 9.23. The summed E-state index contributed by atoms with van der Waals surface area (Å²) < 4.78 is 38.6. The molecule has 0 saturated carbocycles. The van der Waals surface area contributed by atoms with Crippen LogP contribution in [-0.4, -0.2) is 39.7 Å². The van der Waals surface area contributed by atoms with E-state index in [9.17, 15) is 22.8 Å². The van der Waals surface area contributed by atoms with Crippen molar-refractivity contribution in [3.05, 3.63) is 35.4 Å². The zero-order chi connectivity index (χ0) is 22.1. The fraction of sp³-hybridized carbons (Fsp3) is 0.652. The van der Waals surface area contributed by atoms with Gasteiger partial charge in [-0.25, -0.2) is 0 Å². The summed E-state index contributed by atoms with van der Waals surface area (Å²) in [5.74, 6) is 0.407. The van der Waals surface area contributed by atoms with Gasteiger partial charge in [0.1, 0.15) is 0 Å². The number of hydrogen-bond acceptors (Lipinski definition) is 2. The third kappa shape index (κ3) is 4.65. The minimum absolute atomic E-state index is 0.0141. The Morgan fingerprint density at radius 2 is 1.87 bits per heavy atom. The van der Waals surface area contributed by atoms with Crippen molar-refractivity contribution in [2.45, 2.75) is 83.6 Å². The Balaban J connectivity index is 1.86. The minimum atomic E-state index is -4.38. The van der Waals surface area contributed by atoms with E-state index in [1.54, 1.807) is 0 Å². The maximum atomic E-state index is 13.0. The molecule has 1 aromatic carbocycles. The maximum absolute atomic E-state index is 13.0. The van der Waals surface area contributed by atoms with Gasteiger partial charge in [0.2, 0.25) is 11.8 Å². The zero-order valence-electron chi connectivity index (χ0n) is 18.0. The normalized spacial score (nSPS) is 25.3. The Kier molecular flexibility index (Phi) is 6.48. The van der Waals surface area contributed by atoms with Gasteiger partial charge in [0.15, 0.2) is 0 Å². The lowest BCUT2D eigenvalue weighted by Gasteiger charge is -2.45. The lowest BCUT2D eigenvalue weighted by Crippen LogP contribution is -2.58. The van der Waals surface area contributed by atoms with Crippen molar-refractivity contribution < 1.29 is 22.8 Å². The molecule has 2 heterocycles. The van der Waals surface area contributed by atoms with E-state index in [0.29, 0.717) is 31.4 Å². The highest BCUT2D eigenvalue weighted by Gasteiger charge is 2.51. The number of fused-ring (bicyclic) bond motifs is 1. The van der Waals surface area contributed by atoms with Crippen LogP contribution in [0, 0.1) is 5.92 Å². The second-order valence-electron chi connectivity index (χ2n) is 9.23. The summed E-state index contributed by atoms with van der Waals surface area (Å²) in [5.41, 5.74) is -0.531. The zero-order valence-corrected chi connectivity index (χ0v) is 18.0. The van der Waals surface area contributed by atoms with Gasteiger partial charge in [-0.1, -0.05) is 32.4 Å². The summed E-state index contributed by atoms with van der Waals surface area (Å²) in [4.78, 5) is 29.7. The van der Waals surface area contributed by atoms with E-state index in [2.05, 4.69) is 0 Å². The quantitative estimate of drug-likeness (QED) is 0.681. The molecule has 2 aliphatic rings. The molecule has 2 fully saturated rings. The number of rotatable bonds is 4. The number of carbonyl (C=O) groups excluding carboxylic acids is 2. The van der Waals surface area contributed by atoms with Gasteiger partial charge in [0.25, 0.3) is 0 Å². The van der Waals surface area contributed by atoms with E-state index in [1.807, 2.05) is 30.6 Å². The summed E-state index contributed by atoms with van der Waals surface area (Å²) in [5, 5.41) is 0. The molecule has 0 unspecified atom stereocenters. The summed E-state index contributed by atoms with van der Waals surface area (Å²) in [6, 6.07) is 4.98. The topological polar surface area (TPSA) is 40.6 Å². The van der Waals surface area contributed by atoms with Crippen molar-refractivity contribution >= 4 is 11.8 Å². The number of halogens is 3. The largest absolute Gasteiger partial charge is 0.416 e. The first-order chi connectivity index (χ1) is 14.0. The highest BCUT2D eigenvalue weighted by atomic mass is 19.4. The molecule has 0 aromatic heterocycles. The number of amides is 2. The Bertz CT molecular complexity index is 776. The SMILES string of the molecule is CC(C)CC(=O)N1CC[C@]2(C)[C@H]1CCCCC(=O)N2Cc1ccc(C(F)(F)F)cc1. The van der Waals surface area contributed by atoms with E-state index in [1.165, 1.54) is 12.1 Å². The molecule has 7 heteroatoms. The monoisotopic (exact) mass is 424 g/mol. The number of alkyl halides is 3. The fourth-order valence-corrected chi connectivity index (χ4v) is 4.84. The minimum Gasteiger partial charge on any atom is -0.337 e. The van der Waals surface area contributed by atoms with Gasteiger partial charge in [-0.2, -0.15) is 13.2 Å². The van der Waals surface area contributed by atoms with E-state index in [4.69, 9.17) is 0 Å².